The van der Waals surface area contributed by atoms with E-state index >= 15 is 0 Å². The number of hydrogen-bond donors (Lipinski definition) is 1. The van der Waals surface area contributed by atoms with E-state index in [1.165, 1.54) is 6.08 Å². The van der Waals surface area contributed by atoms with Crippen LogP contribution in [0.4, 0.5) is 0 Å². The zero-order valence-corrected chi connectivity index (χ0v) is 3.39. The van der Waals surface area contributed by atoms with Crippen LogP contribution in [0.15, 0.2) is 12.7 Å². The fraction of sp³-hybridized carbons (Fsp3) is 0.333. The van der Waals surface area contributed by atoms with Crippen molar-refractivity contribution in [2.45, 2.75) is 0 Å². The van der Waals surface area contributed by atoms with Gasteiger partial charge in [0.25, 0.3) is 0 Å². The van der Waals surface area contributed by atoms with Gasteiger partial charge in [-0.05, 0) is 0 Å². The molecule has 0 aromatic rings. The maximum Gasteiger partial charge on any atom is 0.102 e. The summed E-state index contributed by atoms with van der Waals surface area (Å²) in [6.45, 7) is 3.67. The van der Waals surface area contributed by atoms with Crippen molar-refractivity contribution in [1.82, 2.24) is 0 Å². The fourth-order valence-corrected chi connectivity index (χ4v) is 0.0874. The van der Waals surface area contributed by atoms with Gasteiger partial charge in [-0.2, -0.15) is 5.90 Å². The molecule has 0 saturated heterocycles. The maximum atomic E-state index is 4.44. The molecule has 0 saturated carbocycles. The van der Waals surface area contributed by atoms with Crippen LogP contribution in [0.5, 0.6) is 0 Å². The topological polar surface area (TPSA) is 44.5 Å². The predicted molar refractivity (Wildman–Crippen MR) is 21.4 cm³/mol. The highest BCUT2D eigenvalue weighted by atomic mass is 17.3. The Balaban J connectivity index is 2.49. The predicted octanol–water partition coefficient (Wildman–Crippen LogP) is -0.00570. The summed E-state index contributed by atoms with van der Waals surface area (Å²) in [6.07, 6.45) is 1.53. The summed E-state index contributed by atoms with van der Waals surface area (Å²) in [6, 6.07) is 0. The fourth-order valence-electron chi connectivity index (χ4n) is 0.0874. The Kier molecular flexibility index (Phi) is 4.33. The van der Waals surface area contributed by atoms with Crippen molar-refractivity contribution in [2.24, 2.45) is 5.90 Å². The van der Waals surface area contributed by atoms with Crippen LogP contribution >= 0.6 is 0 Å². The lowest BCUT2D eigenvalue weighted by Crippen LogP contribution is -1.99. The second-order valence-corrected chi connectivity index (χ2v) is 0.669. The minimum atomic E-state index is 0.330. The van der Waals surface area contributed by atoms with E-state index in [4.69, 9.17) is 0 Å². The molecule has 0 atom stereocenters. The third kappa shape index (κ3) is 3.62. The molecule has 0 aliphatic heterocycles. The number of rotatable bonds is 3. The van der Waals surface area contributed by atoms with E-state index in [0.29, 0.717) is 6.61 Å². The van der Waals surface area contributed by atoms with Crippen molar-refractivity contribution in [3.05, 3.63) is 12.7 Å². The van der Waals surface area contributed by atoms with Crippen molar-refractivity contribution in [3.63, 3.8) is 0 Å². The number of hydrogen-bond acceptors (Lipinski definition) is 3. The molecule has 0 unspecified atom stereocenters. The molecular formula is C3H7NO2. The Bertz CT molecular complexity index is 37.8. The average molecular weight is 89.1 g/mol. The molecule has 0 aliphatic rings. The summed E-state index contributed by atoms with van der Waals surface area (Å²) >= 11 is 0. The van der Waals surface area contributed by atoms with Gasteiger partial charge in [0.15, 0.2) is 0 Å². The van der Waals surface area contributed by atoms with Gasteiger partial charge in [0.05, 0.1) is 0 Å². The van der Waals surface area contributed by atoms with Gasteiger partial charge in [-0.1, -0.05) is 6.08 Å². The number of nitrogens with two attached hydrogens (primary N) is 1. The van der Waals surface area contributed by atoms with Crippen LogP contribution < -0.4 is 5.90 Å². The van der Waals surface area contributed by atoms with E-state index in [2.05, 4.69) is 22.4 Å². The molecule has 0 bridgehead atoms. The van der Waals surface area contributed by atoms with Crippen molar-refractivity contribution in [3.8, 4) is 0 Å². The zero-order chi connectivity index (χ0) is 4.83. The third-order valence-electron chi connectivity index (χ3n) is 0.254. The molecule has 2 N–H and O–H groups in total. The SMILES string of the molecule is C=CCOON. The molecule has 0 aliphatic carbocycles. The maximum absolute atomic E-state index is 4.44. The molecule has 0 aromatic carbocycles. The molecule has 0 fully saturated rings. The first-order chi connectivity index (χ1) is 2.91. The Labute approximate surface area is 36.2 Å². The van der Waals surface area contributed by atoms with Crippen molar-refractivity contribution in [1.29, 1.82) is 0 Å². The molecule has 0 heterocycles. The van der Waals surface area contributed by atoms with E-state index in [1.807, 2.05) is 0 Å². The highest BCUT2D eigenvalue weighted by Crippen LogP contribution is 1.66. The lowest BCUT2D eigenvalue weighted by Gasteiger charge is -1.87. The Morgan fingerprint density at radius 1 is 1.83 bits per heavy atom. The highest BCUT2D eigenvalue weighted by Gasteiger charge is 1.68. The molecule has 0 spiro atoms. The largest absolute Gasteiger partial charge is 0.214 e. The second kappa shape index (κ2) is 4.62. The molecule has 0 amide bonds. The Morgan fingerprint density at radius 3 is 2.67 bits per heavy atom. The van der Waals surface area contributed by atoms with Gasteiger partial charge in [0, 0.05) is 0 Å². The van der Waals surface area contributed by atoms with Gasteiger partial charge in [-0.25, -0.2) is 4.89 Å². The van der Waals surface area contributed by atoms with Crippen LogP contribution in [-0.4, -0.2) is 6.61 Å². The zero-order valence-electron chi connectivity index (χ0n) is 3.39. The van der Waals surface area contributed by atoms with Crippen LogP contribution in [0.2, 0.25) is 0 Å². The van der Waals surface area contributed by atoms with Crippen LogP contribution in [0.3, 0.4) is 0 Å². The first-order valence-corrected chi connectivity index (χ1v) is 1.51. The van der Waals surface area contributed by atoms with Gasteiger partial charge < -0.3 is 0 Å². The van der Waals surface area contributed by atoms with Crippen LogP contribution in [0.25, 0.3) is 0 Å². The monoisotopic (exact) mass is 89.0 g/mol. The van der Waals surface area contributed by atoms with Crippen LogP contribution in [0.1, 0.15) is 0 Å². The lowest BCUT2D eigenvalue weighted by molar-refractivity contribution is -0.291. The van der Waals surface area contributed by atoms with E-state index in [-0.39, 0.29) is 0 Å². The first-order valence-electron chi connectivity index (χ1n) is 1.51. The molecule has 0 rings (SSSR count). The lowest BCUT2D eigenvalue weighted by atomic mass is 10.7. The summed E-state index contributed by atoms with van der Waals surface area (Å²) in [5.74, 6) is 4.44. The van der Waals surface area contributed by atoms with E-state index < -0.39 is 0 Å². The van der Waals surface area contributed by atoms with E-state index in [0.717, 1.165) is 0 Å². The molecule has 3 heteroatoms. The van der Waals surface area contributed by atoms with Gasteiger partial charge in [-0.3, -0.25) is 0 Å². The highest BCUT2D eigenvalue weighted by molar-refractivity contribution is 4.61. The van der Waals surface area contributed by atoms with E-state index in [9.17, 15) is 0 Å². The van der Waals surface area contributed by atoms with Crippen LogP contribution in [0, 0.1) is 0 Å². The molecule has 0 aromatic heterocycles. The summed E-state index contributed by atoms with van der Waals surface area (Å²) in [5.41, 5.74) is 0. The average Bonchev–Trinajstić information content (AvgIpc) is 1.61. The van der Waals surface area contributed by atoms with Gasteiger partial charge in [0.1, 0.15) is 6.61 Å². The Morgan fingerprint density at radius 2 is 2.50 bits per heavy atom. The Hall–Kier alpha value is -0.380. The molecule has 3 nitrogen and oxygen atoms in total. The second-order valence-electron chi connectivity index (χ2n) is 0.669. The standard InChI is InChI=1S/C3H7NO2/c1-2-3-5-6-4/h2H,1,3-4H2. The van der Waals surface area contributed by atoms with Crippen molar-refractivity contribution in [2.75, 3.05) is 6.61 Å². The smallest absolute Gasteiger partial charge is 0.102 e. The minimum Gasteiger partial charge on any atom is -0.214 e. The third-order valence-corrected chi connectivity index (χ3v) is 0.254. The minimum absolute atomic E-state index is 0.330. The van der Waals surface area contributed by atoms with Crippen LogP contribution in [-0.2, 0) is 9.88 Å². The quantitative estimate of drug-likeness (QED) is 0.229. The summed E-state index contributed by atoms with van der Waals surface area (Å²) in [7, 11) is 0. The molecule has 36 valence electrons. The normalized spacial score (nSPS) is 8.17. The first kappa shape index (κ1) is 5.62. The summed E-state index contributed by atoms with van der Waals surface area (Å²) in [5, 5.41) is 0. The van der Waals surface area contributed by atoms with Gasteiger partial charge in [0.2, 0.25) is 0 Å². The van der Waals surface area contributed by atoms with Crippen molar-refractivity contribution < 1.29 is 9.88 Å². The van der Waals surface area contributed by atoms with E-state index in [1.54, 1.807) is 0 Å². The summed E-state index contributed by atoms with van der Waals surface area (Å²) < 4.78 is 0. The summed E-state index contributed by atoms with van der Waals surface area (Å²) in [4.78, 5) is 7.85. The molecule has 0 radical (unpaired) electrons. The molecular weight excluding hydrogens is 82.0 g/mol. The van der Waals surface area contributed by atoms with Gasteiger partial charge >= 0.3 is 0 Å². The molecule has 6 heavy (non-hydrogen) atoms. The van der Waals surface area contributed by atoms with Crippen molar-refractivity contribution >= 4 is 0 Å². The van der Waals surface area contributed by atoms with Gasteiger partial charge in [-0.15, -0.1) is 11.6 Å².